The van der Waals surface area contributed by atoms with Gasteiger partial charge in [-0.3, -0.25) is 9.55 Å². The highest BCUT2D eigenvalue weighted by Crippen LogP contribution is 2.44. The van der Waals surface area contributed by atoms with Crippen molar-refractivity contribution in [3.05, 3.63) is 91.3 Å². The van der Waals surface area contributed by atoms with Gasteiger partial charge in [0.25, 0.3) is 0 Å². The van der Waals surface area contributed by atoms with Gasteiger partial charge in [-0.2, -0.15) is 0 Å². The van der Waals surface area contributed by atoms with E-state index in [1.54, 1.807) is 12.4 Å². The van der Waals surface area contributed by atoms with Crippen LogP contribution in [0.2, 0.25) is 0 Å². The molecule has 2 aromatic heterocycles. The molecule has 1 aliphatic rings. The van der Waals surface area contributed by atoms with Crippen LogP contribution < -0.4 is 4.74 Å². The van der Waals surface area contributed by atoms with Crippen molar-refractivity contribution in [3.8, 4) is 39.7 Å². The Kier molecular flexibility index (Phi) is 3.14. The molecular formula is C24H15N3O. The molecule has 0 aliphatic carbocycles. The summed E-state index contributed by atoms with van der Waals surface area (Å²) in [5.74, 6) is 2.57. The van der Waals surface area contributed by atoms with Gasteiger partial charge in [0.15, 0.2) is 11.5 Å². The highest BCUT2D eigenvalue weighted by molar-refractivity contribution is 5.91. The fraction of sp³-hybridized carbons (Fsp3) is 0. The van der Waals surface area contributed by atoms with Gasteiger partial charge in [-0.15, -0.1) is 0 Å². The van der Waals surface area contributed by atoms with Crippen LogP contribution in [-0.2, 0) is 0 Å². The molecule has 0 atom stereocenters. The van der Waals surface area contributed by atoms with Gasteiger partial charge in [0.1, 0.15) is 11.3 Å². The standard InChI is InChI=1S/C24H15N3O/c1-2-5-17(6-3-1)24-26-19-7-4-8-21-23(19)27(24)20-10-9-18(15-22(20)28-21)16-11-13-25-14-12-16/h1-15H. The van der Waals surface area contributed by atoms with Gasteiger partial charge < -0.3 is 4.74 Å². The number of imidazole rings is 1. The average Bonchev–Trinajstić information content (AvgIpc) is 3.16. The maximum absolute atomic E-state index is 6.28. The van der Waals surface area contributed by atoms with Crippen molar-refractivity contribution in [3.63, 3.8) is 0 Å². The van der Waals surface area contributed by atoms with E-state index in [9.17, 15) is 0 Å². The third-order valence-corrected chi connectivity index (χ3v) is 5.11. The largest absolute Gasteiger partial charge is 0.453 e. The Morgan fingerprint density at radius 1 is 0.679 bits per heavy atom. The number of hydrogen-bond acceptors (Lipinski definition) is 3. The van der Waals surface area contributed by atoms with Gasteiger partial charge in [0, 0.05) is 18.0 Å². The predicted molar refractivity (Wildman–Crippen MR) is 110 cm³/mol. The summed E-state index contributed by atoms with van der Waals surface area (Å²) in [7, 11) is 0. The van der Waals surface area contributed by atoms with Crippen LogP contribution in [0.1, 0.15) is 0 Å². The molecular weight excluding hydrogens is 346 g/mol. The summed E-state index contributed by atoms with van der Waals surface area (Å²) < 4.78 is 8.49. The summed E-state index contributed by atoms with van der Waals surface area (Å²) in [5, 5.41) is 0. The van der Waals surface area contributed by atoms with Crippen LogP contribution in [0.4, 0.5) is 0 Å². The van der Waals surface area contributed by atoms with Crippen LogP contribution >= 0.6 is 0 Å². The molecule has 0 fully saturated rings. The molecule has 0 unspecified atom stereocenters. The van der Waals surface area contributed by atoms with Crippen LogP contribution in [0.3, 0.4) is 0 Å². The molecule has 0 amide bonds. The molecule has 0 spiro atoms. The maximum Gasteiger partial charge on any atom is 0.153 e. The minimum Gasteiger partial charge on any atom is -0.453 e. The monoisotopic (exact) mass is 361 g/mol. The number of para-hydroxylation sites is 1. The zero-order chi connectivity index (χ0) is 18.5. The molecule has 132 valence electrons. The Hall–Kier alpha value is -3.92. The van der Waals surface area contributed by atoms with Crippen molar-refractivity contribution in [2.24, 2.45) is 0 Å². The van der Waals surface area contributed by atoms with Crippen LogP contribution in [0.25, 0.3) is 39.2 Å². The van der Waals surface area contributed by atoms with E-state index in [2.05, 4.69) is 39.9 Å². The minimum atomic E-state index is 0.824. The first-order chi connectivity index (χ1) is 13.9. The van der Waals surface area contributed by atoms with Crippen LogP contribution in [0.15, 0.2) is 91.3 Å². The van der Waals surface area contributed by atoms with Gasteiger partial charge >= 0.3 is 0 Å². The molecule has 0 bridgehead atoms. The topological polar surface area (TPSA) is 39.9 Å². The molecule has 28 heavy (non-hydrogen) atoms. The molecule has 4 heteroatoms. The minimum absolute atomic E-state index is 0.824. The molecule has 0 N–H and O–H groups in total. The lowest BCUT2D eigenvalue weighted by Gasteiger charge is -2.22. The highest BCUT2D eigenvalue weighted by Gasteiger charge is 2.25. The Balaban J connectivity index is 1.63. The van der Waals surface area contributed by atoms with Gasteiger partial charge in [0.2, 0.25) is 0 Å². The van der Waals surface area contributed by atoms with Crippen molar-refractivity contribution in [2.75, 3.05) is 0 Å². The zero-order valence-electron chi connectivity index (χ0n) is 14.9. The summed E-state index contributed by atoms with van der Waals surface area (Å²) >= 11 is 0. The number of ether oxygens (including phenoxy) is 1. The normalized spacial score (nSPS) is 11.9. The van der Waals surface area contributed by atoms with Gasteiger partial charge in [0.05, 0.1) is 11.2 Å². The molecule has 0 saturated carbocycles. The lowest BCUT2D eigenvalue weighted by atomic mass is 10.1. The lowest BCUT2D eigenvalue weighted by Crippen LogP contribution is -2.05. The van der Waals surface area contributed by atoms with E-state index in [4.69, 9.17) is 9.72 Å². The van der Waals surface area contributed by atoms with E-state index in [0.29, 0.717) is 0 Å². The van der Waals surface area contributed by atoms with E-state index in [-0.39, 0.29) is 0 Å². The van der Waals surface area contributed by atoms with Crippen LogP contribution in [0, 0.1) is 0 Å². The second-order valence-corrected chi connectivity index (χ2v) is 6.78. The molecule has 1 aliphatic heterocycles. The first-order valence-corrected chi connectivity index (χ1v) is 9.18. The Morgan fingerprint density at radius 3 is 2.39 bits per heavy atom. The quantitative estimate of drug-likeness (QED) is 0.388. The second kappa shape index (κ2) is 5.79. The SMILES string of the molecule is c1ccc(-c2nc3cccc4c3n2-c2ccc(-c3ccncc3)cc2O4)cc1. The van der Waals surface area contributed by atoms with Crippen molar-refractivity contribution in [1.82, 2.24) is 14.5 Å². The van der Waals surface area contributed by atoms with Crippen molar-refractivity contribution < 1.29 is 4.74 Å². The fourth-order valence-electron chi connectivity index (χ4n) is 3.82. The number of hydrogen-bond donors (Lipinski definition) is 0. The zero-order valence-corrected chi connectivity index (χ0v) is 14.9. The van der Waals surface area contributed by atoms with Crippen molar-refractivity contribution in [2.45, 2.75) is 0 Å². The van der Waals surface area contributed by atoms with E-state index in [0.717, 1.165) is 50.7 Å². The molecule has 0 saturated heterocycles. The van der Waals surface area contributed by atoms with Gasteiger partial charge in [-0.05, 0) is 47.5 Å². The predicted octanol–water partition coefficient (Wildman–Crippen LogP) is 5.86. The summed E-state index contributed by atoms with van der Waals surface area (Å²) in [4.78, 5) is 9.02. The summed E-state index contributed by atoms with van der Waals surface area (Å²) in [6.07, 6.45) is 3.61. The van der Waals surface area contributed by atoms with Crippen molar-refractivity contribution in [1.29, 1.82) is 0 Å². The van der Waals surface area contributed by atoms with Crippen LogP contribution in [-0.4, -0.2) is 14.5 Å². The number of aromatic nitrogens is 3. The first-order valence-electron chi connectivity index (χ1n) is 9.18. The number of rotatable bonds is 2. The summed E-state index contributed by atoms with van der Waals surface area (Å²) in [6.45, 7) is 0. The third kappa shape index (κ3) is 2.18. The Bertz CT molecular complexity index is 1320. The molecule has 3 heterocycles. The van der Waals surface area contributed by atoms with E-state index >= 15 is 0 Å². The van der Waals surface area contributed by atoms with E-state index in [1.807, 2.05) is 48.5 Å². The maximum atomic E-state index is 6.28. The molecule has 3 aromatic carbocycles. The first kappa shape index (κ1) is 15.2. The molecule has 0 radical (unpaired) electrons. The van der Waals surface area contributed by atoms with E-state index < -0.39 is 0 Å². The lowest BCUT2D eigenvalue weighted by molar-refractivity contribution is 0.476. The van der Waals surface area contributed by atoms with E-state index in [1.165, 1.54) is 0 Å². The molecule has 5 aromatic rings. The molecule has 4 nitrogen and oxygen atoms in total. The summed E-state index contributed by atoms with van der Waals surface area (Å²) in [6, 6.07) is 26.6. The van der Waals surface area contributed by atoms with Crippen LogP contribution in [0.5, 0.6) is 11.5 Å². The van der Waals surface area contributed by atoms with Gasteiger partial charge in [-0.1, -0.05) is 42.5 Å². The number of benzene rings is 3. The highest BCUT2D eigenvalue weighted by atomic mass is 16.5. The number of pyridine rings is 1. The number of nitrogens with zero attached hydrogens (tertiary/aromatic N) is 3. The fourth-order valence-corrected chi connectivity index (χ4v) is 3.82. The Morgan fingerprint density at radius 2 is 1.54 bits per heavy atom. The smallest absolute Gasteiger partial charge is 0.153 e. The Labute approximate surface area is 161 Å². The summed E-state index contributed by atoms with van der Waals surface area (Å²) in [5.41, 5.74) is 6.22. The number of fused-ring (bicyclic) bond motifs is 2. The second-order valence-electron chi connectivity index (χ2n) is 6.78. The van der Waals surface area contributed by atoms with Gasteiger partial charge in [-0.25, -0.2) is 4.98 Å². The third-order valence-electron chi connectivity index (χ3n) is 5.11. The average molecular weight is 361 g/mol. The van der Waals surface area contributed by atoms with Crippen molar-refractivity contribution >= 4 is 11.0 Å². The molecule has 6 rings (SSSR count).